The van der Waals surface area contributed by atoms with Crippen LogP contribution in [0.2, 0.25) is 5.02 Å². The summed E-state index contributed by atoms with van der Waals surface area (Å²) in [7, 11) is 0. The van der Waals surface area contributed by atoms with Crippen LogP contribution in [0.1, 0.15) is 20.8 Å². The molecule has 3 aromatic rings. The van der Waals surface area contributed by atoms with Crippen molar-refractivity contribution in [2.45, 2.75) is 25.8 Å². The fourth-order valence-corrected chi connectivity index (χ4v) is 4.43. The van der Waals surface area contributed by atoms with Gasteiger partial charge in [0.2, 0.25) is 0 Å². The third-order valence-electron chi connectivity index (χ3n) is 3.67. The van der Waals surface area contributed by atoms with Gasteiger partial charge in [0.25, 0.3) is 0 Å². The minimum absolute atomic E-state index is 0.211. The van der Waals surface area contributed by atoms with Gasteiger partial charge in [0.15, 0.2) is 0 Å². The number of benzene rings is 1. The molecule has 0 saturated carbocycles. The van der Waals surface area contributed by atoms with Gasteiger partial charge in [-0.3, -0.25) is 4.79 Å². The third-order valence-corrected chi connectivity index (χ3v) is 5.79. The fourth-order valence-electron chi connectivity index (χ4n) is 2.15. The Labute approximate surface area is 154 Å². The normalized spacial score (nSPS) is 11.8. The smallest absolute Gasteiger partial charge is 0.148 e. The van der Waals surface area contributed by atoms with Crippen molar-refractivity contribution in [3.63, 3.8) is 0 Å². The van der Waals surface area contributed by atoms with Crippen LogP contribution in [-0.2, 0) is 4.79 Å². The fraction of sp³-hybridized carbons (Fsp3) is 0.278. The summed E-state index contributed by atoms with van der Waals surface area (Å²) in [5.41, 5.74) is 1.81. The van der Waals surface area contributed by atoms with Crippen LogP contribution in [0.3, 0.4) is 0 Å². The second-order valence-corrected chi connectivity index (χ2v) is 8.74. The number of halogens is 1. The molecular weight excluding hydrogens is 360 g/mol. The lowest BCUT2D eigenvalue weighted by molar-refractivity contribution is -0.123. The molecule has 3 rings (SSSR count). The number of carbonyl (C=O) groups excluding carboxylic acids is 1. The van der Waals surface area contributed by atoms with E-state index in [1.54, 1.807) is 17.7 Å². The quantitative estimate of drug-likeness (QED) is 0.431. The van der Waals surface area contributed by atoms with E-state index in [0.29, 0.717) is 10.8 Å². The van der Waals surface area contributed by atoms with Crippen molar-refractivity contribution in [3.05, 3.63) is 41.0 Å². The molecule has 0 N–H and O–H groups in total. The highest BCUT2D eigenvalue weighted by Gasteiger charge is 2.22. The summed E-state index contributed by atoms with van der Waals surface area (Å²) in [5.74, 6) is 0.619. The maximum Gasteiger partial charge on any atom is 0.148 e. The van der Waals surface area contributed by atoms with Crippen LogP contribution in [0, 0.1) is 5.41 Å². The van der Waals surface area contributed by atoms with Gasteiger partial charge in [-0.25, -0.2) is 9.97 Å². The molecule has 0 atom stereocenters. The molecule has 3 nitrogen and oxygen atoms in total. The second kappa shape index (κ2) is 6.82. The lowest BCUT2D eigenvalue weighted by atomic mass is 9.92. The lowest BCUT2D eigenvalue weighted by Crippen LogP contribution is -2.22. The summed E-state index contributed by atoms with van der Waals surface area (Å²) in [6.07, 6.45) is 1.56. The van der Waals surface area contributed by atoms with Gasteiger partial charge in [-0.1, -0.05) is 56.3 Å². The molecule has 24 heavy (non-hydrogen) atoms. The number of rotatable bonds is 4. The Bertz CT molecular complexity index is 882. The average Bonchev–Trinajstić information content (AvgIpc) is 2.97. The molecule has 0 amide bonds. The highest BCUT2D eigenvalue weighted by atomic mass is 35.5. The molecule has 0 aliphatic carbocycles. The summed E-state index contributed by atoms with van der Waals surface area (Å²) in [6, 6.07) is 7.73. The molecule has 6 heteroatoms. The summed E-state index contributed by atoms with van der Waals surface area (Å²) in [4.78, 5) is 21.9. The first kappa shape index (κ1) is 17.4. The lowest BCUT2D eigenvalue weighted by Gasteiger charge is -2.15. The largest absolute Gasteiger partial charge is 0.298 e. The summed E-state index contributed by atoms with van der Waals surface area (Å²) < 4.78 is 0. The Kier molecular flexibility index (Phi) is 4.95. The highest BCUT2D eigenvalue weighted by molar-refractivity contribution is 8.00. The van der Waals surface area contributed by atoms with Crippen molar-refractivity contribution >= 4 is 50.7 Å². The Morgan fingerprint density at radius 3 is 2.58 bits per heavy atom. The zero-order valence-electron chi connectivity index (χ0n) is 13.7. The molecule has 0 radical (unpaired) electrons. The van der Waals surface area contributed by atoms with Gasteiger partial charge in [-0.05, 0) is 17.7 Å². The van der Waals surface area contributed by atoms with Crippen LogP contribution in [0.4, 0.5) is 0 Å². The molecule has 0 saturated heterocycles. The van der Waals surface area contributed by atoms with Crippen LogP contribution >= 0.6 is 34.7 Å². The molecule has 0 aliphatic rings. The number of aromatic nitrogens is 2. The maximum atomic E-state index is 12.2. The van der Waals surface area contributed by atoms with Crippen molar-refractivity contribution in [2.75, 3.05) is 5.75 Å². The predicted octanol–water partition coefficient (Wildman–Crippen LogP) is 5.72. The molecule has 2 aromatic heterocycles. The van der Waals surface area contributed by atoms with E-state index in [2.05, 4.69) is 15.3 Å². The zero-order valence-corrected chi connectivity index (χ0v) is 16.1. The Morgan fingerprint density at radius 2 is 1.92 bits per heavy atom. The molecule has 1 aromatic carbocycles. The van der Waals surface area contributed by atoms with Gasteiger partial charge < -0.3 is 0 Å². The van der Waals surface area contributed by atoms with E-state index in [1.165, 1.54) is 11.8 Å². The number of thioether (sulfide) groups is 1. The van der Waals surface area contributed by atoms with E-state index in [1.807, 2.05) is 45.0 Å². The minimum Gasteiger partial charge on any atom is -0.298 e. The molecule has 0 fully saturated rings. The number of ketones is 1. The number of hydrogen-bond donors (Lipinski definition) is 0. The maximum absolute atomic E-state index is 12.2. The van der Waals surface area contributed by atoms with E-state index in [-0.39, 0.29) is 11.2 Å². The zero-order chi connectivity index (χ0) is 17.3. The number of thiophene rings is 1. The van der Waals surface area contributed by atoms with Crippen LogP contribution in [-0.4, -0.2) is 21.5 Å². The molecule has 124 valence electrons. The van der Waals surface area contributed by atoms with E-state index >= 15 is 0 Å². The summed E-state index contributed by atoms with van der Waals surface area (Å²) in [5, 5.41) is 4.65. The van der Waals surface area contributed by atoms with E-state index in [9.17, 15) is 4.79 Å². The van der Waals surface area contributed by atoms with Gasteiger partial charge in [0.1, 0.15) is 22.0 Å². The first-order valence-electron chi connectivity index (χ1n) is 7.50. The topological polar surface area (TPSA) is 42.9 Å². The minimum atomic E-state index is -0.340. The number of nitrogens with zero attached hydrogens (tertiary/aromatic N) is 2. The Balaban J connectivity index is 1.98. The number of fused-ring (bicyclic) bond motifs is 1. The van der Waals surface area contributed by atoms with Crippen LogP contribution in [0.15, 0.2) is 41.0 Å². The van der Waals surface area contributed by atoms with Gasteiger partial charge in [0, 0.05) is 21.4 Å². The standard InChI is InChI=1S/C18H17ClN2OS2/c1-18(2,3)14(22)9-24-17-15-13(8-23-16(15)20-10-21-17)11-4-6-12(19)7-5-11/h4-8,10H,9H2,1-3H3. The van der Waals surface area contributed by atoms with Crippen molar-refractivity contribution in [1.82, 2.24) is 9.97 Å². The molecule has 2 heterocycles. The molecule has 0 aliphatic heterocycles. The SMILES string of the molecule is CC(C)(C)C(=O)CSc1ncnc2scc(-c3ccc(Cl)cc3)c12. The van der Waals surface area contributed by atoms with Crippen LogP contribution in [0.5, 0.6) is 0 Å². The first-order valence-corrected chi connectivity index (χ1v) is 9.75. The third kappa shape index (κ3) is 3.63. The number of Topliss-reactive ketones (excluding diaryl/α,β-unsaturated/α-hetero) is 1. The van der Waals surface area contributed by atoms with Gasteiger partial charge in [-0.15, -0.1) is 11.3 Å². The first-order chi connectivity index (χ1) is 11.4. The summed E-state index contributed by atoms with van der Waals surface area (Å²) >= 11 is 9.05. The molecule has 0 spiro atoms. The van der Waals surface area contributed by atoms with Gasteiger partial charge in [0.05, 0.1) is 11.1 Å². The predicted molar refractivity (Wildman–Crippen MR) is 103 cm³/mol. The molecule has 0 bridgehead atoms. The van der Waals surface area contributed by atoms with Gasteiger partial charge >= 0.3 is 0 Å². The van der Waals surface area contributed by atoms with Crippen molar-refractivity contribution < 1.29 is 4.79 Å². The van der Waals surface area contributed by atoms with Gasteiger partial charge in [-0.2, -0.15) is 0 Å². The second-order valence-electron chi connectivity index (χ2n) is 6.48. The average molecular weight is 377 g/mol. The summed E-state index contributed by atoms with van der Waals surface area (Å²) in [6.45, 7) is 5.82. The number of hydrogen-bond acceptors (Lipinski definition) is 5. The Morgan fingerprint density at radius 1 is 1.21 bits per heavy atom. The van der Waals surface area contributed by atoms with Crippen LogP contribution < -0.4 is 0 Å². The van der Waals surface area contributed by atoms with Crippen molar-refractivity contribution in [2.24, 2.45) is 5.41 Å². The number of carbonyl (C=O) groups is 1. The monoisotopic (exact) mass is 376 g/mol. The van der Waals surface area contributed by atoms with Crippen molar-refractivity contribution in [1.29, 1.82) is 0 Å². The van der Waals surface area contributed by atoms with E-state index in [4.69, 9.17) is 11.6 Å². The Hall–Kier alpha value is -1.43. The van der Waals surface area contributed by atoms with E-state index in [0.717, 1.165) is 26.4 Å². The van der Waals surface area contributed by atoms with Crippen molar-refractivity contribution in [3.8, 4) is 11.1 Å². The van der Waals surface area contributed by atoms with E-state index < -0.39 is 0 Å². The molecular formula is C18H17ClN2OS2. The highest BCUT2D eigenvalue weighted by Crippen LogP contribution is 2.38. The van der Waals surface area contributed by atoms with Crippen LogP contribution in [0.25, 0.3) is 21.3 Å². The molecule has 0 unspecified atom stereocenters.